The Morgan fingerprint density at radius 1 is 1.63 bits per heavy atom. The monoisotopic (exact) mass is 326 g/mol. The maximum Gasteiger partial charge on any atom is 0.272 e. The van der Waals surface area contributed by atoms with Gasteiger partial charge in [-0.15, -0.1) is 0 Å². The molecule has 0 spiro atoms. The lowest BCUT2D eigenvalue weighted by atomic mass is 10.0. The van der Waals surface area contributed by atoms with Gasteiger partial charge in [0.05, 0.1) is 11.7 Å². The third kappa shape index (κ3) is 3.34. The van der Waals surface area contributed by atoms with Crippen molar-refractivity contribution in [2.75, 3.05) is 18.4 Å². The van der Waals surface area contributed by atoms with Crippen molar-refractivity contribution in [3.05, 3.63) is 29.6 Å². The lowest BCUT2D eigenvalue weighted by Gasteiger charge is -2.42. The maximum atomic E-state index is 12.6. The maximum absolute atomic E-state index is 12.6. The Labute approximate surface area is 122 Å². The number of alkyl halides is 1. The van der Waals surface area contributed by atoms with Crippen molar-refractivity contribution in [2.45, 2.75) is 32.5 Å². The third-order valence-electron chi connectivity index (χ3n) is 3.15. The van der Waals surface area contributed by atoms with Gasteiger partial charge >= 0.3 is 0 Å². The highest BCUT2D eigenvalue weighted by Crippen LogP contribution is 2.23. The smallest absolute Gasteiger partial charge is 0.272 e. The zero-order valence-corrected chi connectivity index (χ0v) is 13.1. The van der Waals surface area contributed by atoms with E-state index in [4.69, 9.17) is 4.74 Å². The Kier molecular flexibility index (Phi) is 4.26. The molecule has 1 amide bonds. The van der Waals surface area contributed by atoms with Crippen molar-refractivity contribution in [3.63, 3.8) is 0 Å². The summed E-state index contributed by atoms with van der Waals surface area (Å²) in [6.07, 6.45) is 1.69. The zero-order valence-electron chi connectivity index (χ0n) is 11.5. The molecule has 1 saturated heterocycles. The first-order valence-corrected chi connectivity index (χ1v) is 7.50. The second-order valence-corrected chi connectivity index (χ2v) is 6.16. The molecular formula is C14H19BrN2O2. The molecule has 0 N–H and O–H groups in total. The number of amides is 1. The SMILES string of the molecule is Cc1cccnc1C(=O)N1CC(CBr)OC(C)(C)C1. The van der Waals surface area contributed by atoms with Gasteiger partial charge < -0.3 is 9.64 Å². The summed E-state index contributed by atoms with van der Waals surface area (Å²) in [6.45, 7) is 7.11. The first kappa shape index (κ1) is 14.5. The zero-order chi connectivity index (χ0) is 14.0. The van der Waals surface area contributed by atoms with E-state index in [9.17, 15) is 4.79 Å². The lowest BCUT2D eigenvalue weighted by molar-refractivity contribution is -0.116. The van der Waals surface area contributed by atoms with Gasteiger partial charge in [-0.2, -0.15) is 0 Å². The van der Waals surface area contributed by atoms with Crippen LogP contribution in [-0.4, -0.2) is 45.9 Å². The van der Waals surface area contributed by atoms with Crippen LogP contribution in [0.3, 0.4) is 0 Å². The van der Waals surface area contributed by atoms with Crippen molar-refractivity contribution in [1.82, 2.24) is 9.88 Å². The van der Waals surface area contributed by atoms with Crippen molar-refractivity contribution >= 4 is 21.8 Å². The number of aromatic nitrogens is 1. The number of pyridine rings is 1. The van der Waals surface area contributed by atoms with E-state index in [0.29, 0.717) is 18.8 Å². The van der Waals surface area contributed by atoms with Crippen LogP contribution in [0.15, 0.2) is 18.3 Å². The number of carbonyl (C=O) groups excluding carboxylic acids is 1. The largest absolute Gasteiger partial charge is 0.368 e. The fourth-order valence-corrected chi connectivity index (χ4v) is 2.73. The third-order valence-corrected chi connectivity index (χ3v) is 3.87. The lowest BCUT2D eigenvalue weighted by Crippen LogP contribution is -2.55. The van der Waals surface area contributed by atoms with Crippen molar-refractivity contribution in [1.29, 1.82) is 0 Å². The molecule has 1 aliphatic heterocycles. The number of ether oxygens (including phenoxy) is 1. The highest BCUT2D eigenvalue weighted by atomic mass is 79.9. The molecule has 1 fully saturated rings. The topological polar surface area (TPSA) is 42.4 Å². The van der Waals surface area contributed by atoms with Crippen LogP contribution in [0.2, 0.25) is 0 Å². The molecule has 0 saturated carbocycles. The molecule has 5 heteroatoms. The summed E-state index contributed by atoms with van der Waals surface area (Å²) in [5, 5.41) is 0.724. The minimum Gasteiger partial charge on any atom is -0.368 e. The summed E-state index contributed by atoms with van der Waals surface area (Å²) < 4.78 is 5.91. The summed E-state index contributed by atoms with van der Waals surface area (Å²) in [7, 11) is 0. The summed E-state index contributed by atoms with van der Waals surface area (Å²) in [6, 6.07) is 3.75. The van der Waals surface area contributed by atoms with Gasteiger partial charge in [0, 0.05) is 24.6 Å². The summed E-state index contributed by atoms with van der Waals surface area (Å²) in [5.41, 5.74) is 1.12. The standard InChI is InChI=1S/C14H19BrN2O2/c1-10-5-4-6-16-12(10)13(18)17-8-11(7-15)19-14(2,3)9-17/h4-6,11H,7-9H2,1-3H3. The van der Waals surface area contributed by atoms with E-state index in [2.05, 4.69) is 20.9 Å². The van der Waals surface area contributed by atoms with Crippen LogP contribution in [-0.2, 0) is 4.74 Å². The van der Waals surface area contributed by atoms with Gasteiger partial charge in [0.2, 0.25) is 0 Å². The number of carbonyl (C=O) groups is 1. The molecule has 19 heavy (non-hydrogen) atoms. The van der Waals surface area contributed by atoms with E-state index in [1.54, 1.807) is 6.20 Å². The number of nitrogens with zero attached hydrogens (tertiary/aromatic N) is 2. The molecule has 0 bridgehead atoms. The predicted molar refractivity (Wildman–Crippen MR) is 77.6 cm³/mol. The first-order valence-electron chi connectivity index (χ1n) is 6.37. The average Bonchev–Trinajstić information content (AvgIpc) is 2.36. The highest BCUT2D eigenvalue weighted by Gasteiger charge is 2.36. The minimum absolute atomic E-state index is 0.0135. The Morgan fingerprint density at radius 2 is 2.37 bits per heavy atom. The van der Waals surface area contributed by atoms with E-state index in [-0.39, 0.29) is 17.6 Å². The summed E-state index contributed by atoms with van der Waals surface area (Å²) in [5.74, 6) is -0.0135. The van der Waals surface area contributed by atoms with Crippen LogP contribution in [0.1, 0.15) is 29.9 Å². The molecule has 1 aliphatic rings. The number of rotatable bonds is 2. The van der Waals surface area contributed by atoms with Crippen LogP contribution >= 0.6 is 15.9 Å². The summed E-state index contributed by atoms with van der Waals surface area (Å²) >= 11 is 3.43. The number of hydrogen-bond acceptors (Lipinski definition) is 3. The van der Waals surface area contributed by atoms with Crippen LogP contribution < -0.4 is 0 Å². The van der Waals surface area contributed by atoms with Gasteiger partial charge in [-0.3, -0.25) is 9.78 Å². The van der Waals surface area contributed by atoms with E-state index in [1.807, 2.05) is 37.8 Å². The van der Waals surface area contributed by atoms with E-state index in [0.717, 1.165) is 10.9 Å². The molecule has 0 aliphatic carbocycles. The molecule has 1 atom stereocenters. The molecule has 1 aromatic heterocycles. The van der Waals surface area contributed by atoms with Gasteiger partial charge in [0.1, 0.15) is 5.69 Å². The van der Waals surface area contributed by atoms with Crippen LogP contribution in [0.4, 0.5) is 0 Å². The number of morpholine rings is 1. The second kappa shape index (κ2) is 5.59. The number of halogens is 1. The van der Waals surface area contributed by atoms with Gasteiger partial charge in [-0.1, -0.05) is 22.0 Å². The number of aryl methyl sites for hydroxylation is 1. The quantitative estimate of drug-likeness (QED) is 0.784. The second-order valence-electron chi connectivity index (χ2n) is 5.51. The first-order chi connectivity index (χ1) is 8.93. The highest BCUT2D eigenvalue weighted by molar-refractivity contribution is 9.09. The predicted octanol–water partition coefficient (Wildman–Crippen LogP) is 2.40. The molecule has 2 heterocycles. The van der Waals surface area contributed by atoms with Crippen molar-refractivity contribution in [3.8, 4) is 0 Å². The fourth-order valence-electron chi connectivity index (χ4n) is 2.39. The Morgan fingerprint density at radius 3 is 3.00 bits per heavy atom. The van der Waals surface area contributed by atoms with Crippen LogP contribution in [0.5, 0.6) is 0 Å². The minimum atomic E-state index is -0.324. The molecule has 4 nitrogen and oxygen atoms in total. The van der Waals surface area contributed by atoms with E-state index < -0.39 is 0 Å². The Balaban J connectivity index is 2.21. The van der Waals surface area contributed by atoms with Crippen LogP contribution in [0, 0.1) is 6.92 Å². The molecule has 2 rings (SSSR count). The summed E-state index contributed by atoms with van der Waals surface area (Å²) in [4.78, 5) is 18.6. The van der Waals surface area contributed by atoms with Gasteiger partial charge in [0.15, 0.2) is 0 Å². The van der Waals surface area contributed by atoms with Crippen molar-refractivity contribution < 1.29 is 9.53 Å². The fraction of sp³-hybridized carbons (Fsp3) is 0.571. The molecule has 0 radical (unpaired) electrons. The van der Waals surface area contributed by atoms with Gasteiger partial charge in [0.25, 0.3) is 5.91 Å². The Hall–Kier alpha value is -0.940. The van der Waals surface area contributed by atoms with E-state index >= 15 is 0 Å². The molecule has 0 aromatic carbocycles. The van der Waals surface area contributed by atoms with E-state index in [1.165, 1.54) is 0 Å². The van der Waals surface area contributed by atoms with Crippen molar-refractivity contribution in [2.24, 2.45) is 0 Å². The average molecular weight is 327 g/mol. The molecule has 1 aromatic rings. The van der Waals surface area contributed by atoms with Gasteiger partial charge in [-0.25, -0.2) is 0 Å². The molecule has 104 valence electrons. The molecular weight excluding hydrogens is 308 g/mol. The van der Waals surface area contributed by atoms with Crippen LogP contribution in [0.25, 0.3) is 0 Å². The number of hydrogen-bond donors (Lipinski definition) is 0. The Bertz CT molecular complexity index is 476. The normalized spacial score (nSPS) is 22.3. The molecule has 1 unspecified atom stereocenters. The van der Waals surface area contributed by atoms with Gasteiger partial charge in [-0.05, 0) is 32.4 Å².